The van der Waals surface area contributed by atoms with Gasteiger partial charge in [-0.2, -0.15) is 5.26 Å². The van der Waals surface area contributed by atoms with Gasteiger partial charge >= 0.3 is 0 Å². The summed E-state index contributed by atoms with van der Waals surface area (Å²) in [5.74, 6) is -0.465. The maximum absolute atomic E-state index is 14.0. The Hall–Kier alpha value is -1.77. The monoisotopic (exact) mass is 340 g/mol. The second-order valence-corrected chi connectivity index (χ2v) is 4.84. The average Bonchev–Trinajstić information content (AvgIpc) is 2.39. The third-order valence-electron chi connectivity index (χ3n) is 2.34. The molecule has 2 rings (SSSR count). The number of rotatable bonds is 2. The van der Waals surface area contributed by atoms with Crippen LogP contribution in [-0.2, 0) is 0 Å². The number of hydrogen-bond acceptors (Lipinski definition) is 3. The molecule has 0 spiro atoms. The molecule has 0 saturated carbocycles. The number of nitriles is 1. The highest BCUT2D eigenvalue weighted by atomic mass is 79.9. The molecule has 0 bridgehead atoms. The minimum atomic E-state index is -0.669. The maximum atomic E-state index is 14.0. The summed E-state index contributed by atoms with van der Waals surface area (Å²) >= 11 is 8.93. The fourth-order valence-corrected chi connectivity index (χ4v) is 1.99. The van der Waals surface area contributed by atoms with Gasteiger partial charge in [-0.3, -0.25) is 0 Å². The molecule has 6 heteroatoms. The van der Waals surface area contributed by atoms with Gasteiger partial charge in [0.25, 0.3) is 0 Å². The van der Waals surface area contributed by atoms with Crippen molar-refractivity contribution in [2.75, 3.05) is 5.73 Å². The van der Waals surface area contributed by atoms with Crippen molar-refractivity contribution in [1.82, 2.24) is 0 Å². The molecule has 0 atom stereocenters. The minimum Gasteiger partial charge on any atom is -0.453 e. The number of benzene rings is 2. The highest BCUT2D eigenvalue weighted by molar-refractivity contribution is 9.10. The van der Waals surface area contributed by atoms with Crippen molar-refractivity contribution in [2.45, 2.75) is 0 Å². The quantitative estimate of drug-likeness (QED) is 0.819. The topological polar surface area (TPSA) is 59.0 Å². The van der Waals surface area contributed by atoms with Crippen molar-refractivity contribution in [3.8, 4) is 17.6 Å². The summed E-state index contributed by atoms with van der Waals surface area (Å²) in [6.45, 7) is 0. The maximum Gasteiger partial charge on any atom is 0.181 e. The van der Waals surface area contributed by atoms with Crippen LogP contribution in [0.3, 0.4) is 0 Å². The summed E-state index contributed by atoms with van der Waals surface area (Å²) < 4.78 is 19.4. The second kappa shape index (κ2) is 5.47. The number of anilines is 1. The van der Waals surface area contributed by atoms with Gasteiger partial charge in [0.1, 0.15) is 11.8 Å². The Bertz CT molecular complexity index is 685. The summed E-state index contributed by atoms with van der Waals surface area (Å²) in [6, 6.07) is 9.33. The molecule has 19 heavy (non-hydrogen) atoms. The van der Waals surface area contributed by atoms with Crippen LogP contribution in [0.25, 0.3) is 0 Å². The van der Waals surface area contributed by atoms with Crippen LogP contribution in [0.15, 0.2) is 34.8 Å². The van der Waals surface area contributed by atoms with Crippen molar-refractivity contribution in [1.29, 1.82) is 5.26 Å². The average molecular weight is 342 g/mol. The predicted molar refractivity (Wildman–Crippen MR) is 74.8 cm³/mol. The van der Waals surface area contributed by atoms with Crippen molar-refractivity contribution in [2.24, 2.45) is 0 Å². The van der Waals surface area contributed by atoms with E-state index in [9.17, 15) is 4.39 Å². The molecule has 0 aliphatic carbocycles. The smallest absolute Gasteiger partial charge is 0.181 e. The number of halogens is 3. The lowest BCUT2D eigenvalue weighted by atomic mass is 10.2. The van der Waals surface area contributed by atoms with E-state index >= 15 is 0 Å². The van der Waals surface area contributed by atoms with Crippen LogP contribution in [0, 0.1) is 17.1 Å². The summed E-state index contributed by atoms with van der Waals surface area (Å²) in [5, 5.41) is 9.09. The molecular formula is C13H7BrClFN2O. The zero-order chi connectivity index (χ0) is 14.0. The van der Waals surface area contributed by atoms with Gasteiger partial charge in [0, 0.05) is 11.8 Å². The Balaban J connectivity index is 2.42. The third-order valence-corrected chi connectivity index (χ3v) is 3.43. The van der Waals surface area contributed by atoms with E-state index in [1.165, 1.54) is 18.2 Å². The first-order chi connectivity index (χ1) is 9.02. The van der Waals surface area contributed by atoms with Gasteiger partial charge < -0.3 is 10.5 Å². The van der Waals surface area contributed by atoms with Crippen molar-refractivity contribution in [3.05, 3.63) is 51.2 Å². The largest absolute Gasteiger partial charge is 0.453 e. The van der Waals surface area contributed by atoms with E-state index in [4.69, 9.17) is 27.3 Å². The van der Waals surface area contributed by atoms with Crippen LogP contribution in [0.2, 0.25) is 5.02 Å². The molecule has 0 radical (unpaired) electrons. The number of nitrogens with two attached hydrogens (primary N) is 1. The Kier molecular flexibility index (Phi) is 3.93. The molecule has 0 aromatic heterocycles. The van der Waals surface area contributed by atoms with Crippen molar-refractivity contribution < 1.29 is 9.13 Å². The zero-order valence-corrected chi connectivity index (χ0v) is 11.8. The molecule has 0 aliphatic heterocycles. The summed E-state index contributed by atoms with van der Waals surface area (Å²) in [6.07, 6.45) is 0. The number of ether oxygens (including phenoxy) is 1. The molecule has 2 aromatic carbocycles. The van der Waals surface area contributed by atoms with E-state index in [0.29, 0.717) is 10.7 Å². The lowest BCUT2D eigenvalue weighted by Gasteiger charge is -2.10. The Morgan fingerprint density at radius 3 is 2.68 bits per heavy atom. The normalized spacial score (nSPS) is 10.0. The predicted octanol–water partition coefficient (Wildman–Crippen LogP) is 4.49. The molecule has 0 unspecified atom stereocenters. The first kappa shape index (κ1) is 13.7. The van der Waals surface area contributed by atoms with Crippen LogP contribution in [0.4, 0.5) is 10.1 Å². The van der Waals surface area contributed by atoms with Crippen LogP contribution >= 0.6 is 27.5 Å². The van der Waals surface area contributed by atoms with E-state index in [-0.39, 0.29) is 21.5 Å². The van der Waals surface area contributed by atoms with Gasteiger partial charge in [-0.25, -0.2) is 4.39 Å². The van der Waals surface area contributed by atoms with E-state index in [1.807, 2.05) is 6.07 Å². The molecule has 0 amide bonds. The minimum absolute atomic E-state index is 0.0432. The molecule has 0 heterocycles. The van der Waals surface area contributed by atoms with Crippen LogP contribution < -0.4 is 10.5 Å². The summed E-state index contributed by atoms with van der Waals surface area (Å²) in [4.78, 5) is 0. The Labute approximate surface area is 122 Å². The summed E-state index contributed by atoms with van der Waals surface area (Å²) in [5.41, 5.74) is 6.25. The van der Waals surface area contributed by atoms with Crippen LogP contribution in [0.1, 0.15) is 5.56 Å². The van der Waals surface area contributed by atoms with Gasteiger partial charge in [-0.15, -0.1) is 0 Å². The zero-order valence-electron chi connectivity index (χ0n) is 9.45. The first-order valence-electron chi connectivity index (χ1n) is 5.14. The third kappa shape index (κ3) is 2.80. The van der Waals surface area contributed by atoms with Gasteiger partial charge in [-0.1, -0.05) is 11.6 Å². The molecule has 3 nitrogen and oxygen atoms in total. The van der Waals surface area contributed by atoms with Gasteiger partial charge in [-0.05, 0) is 40.2 Å². The standard InChI is InChI=1S/C13H7BrClFN2O/c14-12-7(6-17)1-4-10(13(12)16)19-11-5-8(18)2-3-9(11)15/h1-5H,18H2. The number of hydrogen-bond donors (Lipinski definition) is 1. The molecule has 0 aliphatic rings. The van der Waals surface area contributed by atoms with Crippen molar-refractivity contribution >= 4 is 33.2 Å². The fraction of sp³-hybridized carbons (Fsp3) is 0. The SMILES string of the molecule is N#Cc1ccc(Oc2cc(N)ccc2Cl)c(F)c1Br. The molecular weight excluding hydrogens is 335 g/mol. The van der Waals surface area contributed by atoms with Crippen LogP contribution in [-0.4, -0.2) is 0 Å². The van der Waals surface area contributed by atoms with E-state index in [1.54, 1.807) is 12.1 Å². The molecule has 0 fully saturated rings. The number of nitrogen functional groups attached to an aromatic ring is 1. The Morgan fingerprint density at radius 2 is 2.00 bits per heavy atom. The van der Waals surface area contributed by atoms with Gasteiger partial charge in [0.05, 0.1) is 15.1 Å². The lowest BCUT2D eigenvalue weighted by molar-refractivity contribution is 0.440. The summed E-state index contributed by atoms with van der Waals surface area (Å²) in [7, 11) is 0. The van der Waals surface area contributed by atoms with Gasteiger partial charge in [0.15, 0.2) is 11.6 Å². The Morgan fingerprint density at radius 1 is 1.26 bits per heavy atom. The molecule has 96 valence electrons. The highest BCUT2D eigenvalue weighted by Crippen LogP contribution is 2.35. The van der Waals surface area contributed by atoms with Crippen LogP contribution in [0.5, 0.6) is 11.5 Å². The van der Waals surface area contributed by atoms with E-state index in [0.717, 1.165) is 0 Å². The fourth-order valence-electron chi connectivity index (χ4n) is 1.41. The van der Waals surface area contributed by atoms with E-state index < -0.39 is 5.82 Å². The number of nitrogens with zero attached hydrogens (tertiary/aromatic N) is 1. The molecule has 2 aromatic rings. The highest BCUT2D eigenvalue weighted by Gasteiger charge is 2.14. The van der Waals surface area contributed by atoms with Crippen molar-refractivity contribution in [3.63, 3.8) is 0 Å². The van der Waals surface area contributed by atoms with E-state index in [2.05, 4.69) is 15.9 Å². The second-order valence-electron chi connectivity index (χ2n) is 3.64. The van der Waals surface area contributed by atoms with Gasteiger partial charge in [0.2, 0.25) is 0 Å². The molecule has 2 N–H and O–H groups in total. The molecule has 0 saturated heterocycles. The lowest BCUT2D eigenvalue weighted by Crippen LogP contribution is -1.93. The first-order valence-corrected chi connectivity index (χ1v) is 6.31.